The Labute approximate surface area is 140 Å². The lowest BCUT2D eigenvalue weighted by molar-refractivity contribution is -0.139. The van der Waals surface area contributed by atoms with Gasteiger partial charge in [0.1, 0.15) is 0 Å². The first-order valence-electron chi connectivity index (χ1n) is 7.46. The van der Waals surface area contributed by atoms with E-state index in [4.69, 9.17) is 0 Å². The maximum absolute atomic E-state index is 11.2. The number of hydrogen-bond acceptors (Lipinski definition) is 3. The summed E-state index contributed by atoms with van der Waals surface area (Å²) in [6, 6.07) is 4.21. The second-order valence-corrected chi connectivity index (χ2v) is 7.37. The van der Waals surface area contributed by atoms with E-state index in [1.54, 1.807) is 11.3 Å². The topological polar surface area (TPSA) is 26.3 Å². The smallest absolute Gasteiger partial charge is 0.310 e. The van der Waals surface area contributed by atoms with E-state index < -0.39 is 0 Å². The normalized spacial score (nSPS) is 10.7. The van der Waals surface area contributed by atoms with Crippen LogP contribution in [0.2, 0.25) is 0 Å². The molecule has 1 rings (SSSR count). The number of carbonyl (C=O) groups is 1. The van der Waals surface area contributed by atoms with Crippen molar-refractivity contribution < 1.29 is 9.53 Å². The number of unbranched alkanes of at least 4 members (excludes halogenated alkanes) is 6. The molecule has 2 nitrogen and oxygen atoms in total. The van der Waals surface area contributed by atoms with Gasteiger partial charge in [0.25, 0.3) is 0 Å². The maximum atomic E-state index is 11.2. The summed E-state index contributed by atoms with van der Waals surface area (Å²) in [4.78, 5) is 13.7. The van der Waals surface area contributed by atoms with Crippen molar-refractivity contribution >= 4 is 39.9 Å². The third kappa shape index (κ3) is 8.25. The van der Waals surface area contributed by atoms with Crippen LogP contribution in [-0.4, -0.2) is 17.5 Å². The van der Waals surface area contributed by atoms with E-state index in [-0.39, 0.29) is 5.97 Å². The molecule has 0 aromatic carbocycles. The third-order valence-electron chi connectivity index (χ3n) is 3.32. The number of esters is 1. The van der Waals surface area contributed by atoms with Crippen LogP contribution in [0, 0.1) is 0 Å². The van der Waals surface area contributed by atoms with Crippen molar-refractivity contribution in [1.82, 2.24) is 0 Å². The highest BCUT2D eigenvalue weighted by Crippen LogP contribution is 2.20. The number of thiophene rings is 1. The Hall–Kier alpha value is -0.100. The summed E-state index contributed by atoms with van der Waals surface area (Å²) in [6.45, 7) is 0. The third-order valence-corrected chi connectivity index (χ3v) is 5.23. The monoisotopic (exact) mass is 408 g/mol. The van der Waals surface area contributed by atoms with Gasteiger partial charge in [-0.2, -0.15) is 0 Å². The molecular formula is C16H25IO2S. The van der Waals surface area contributed by atoms with Crippen LogP contribution in [0.3, 0.4) is 0 Å². The van der Waals surface area contributed by atoms with E-state index in [1.165, 1.54) is 61.4 Å². The van der Waals surface area contributed by atoms with Gasteiger partial charge in [0.15, 0.2) is 0 Å². The average molecular weight is 408 g/mol. The molecule has 0 radical (unpaired) electrons. The van der Waals surface area contributed by atoms with Gasteiger partial charge in [-0.05, 0) is 35.8 Å². The molecule has 4 heteroatoms. The van der Waals surface area contributed by atoms with Crippen LogP contribution in [0.15, 0.2) is 12.1 Å². The van der Waals surface area contributed by atoms with Gasteiger partial charge in [-0.25, -0.2) is 0 Å². The summed E-state index contributed by atoms with van der Waals surface area (Å²) in [7, 11) is 1.44. The minimum Gasteiger partial charge on any atom is -0.469 e. The second-order valence-electron chi connectivity index (χ2n) is 5.03. The predicted molar refractivity (Wildman–Crippen MR) is 94.9 cm³/mol. The van der Waals surface area contributed by atoms with Gasteiger partial charge in [0.2, 0.25) is 0 Å². The van der Waals surface area contributed by atoms with Gasteiger partial charge in [0, 0.05) is 9.75 Å². The number of methoxy groups -OCH3 is 1. The van der Waals surface area contributed by atoms with Crippen LogP contribution >= 0.6 is 33.9 Å². The van der Waals surface area contributed by atoms with Crippen molar-refractivity contribution in [2.24, 2.45) is 0 Å². The molecule has 1 aromatic heterocycles. The lowest BCUT2D eigenvalue weighted by atomic mass is 10.1. The Morgan fingerprint density at radius 1 is 1.05 bits per heavy atom. The zero-order valence-corrected chi connectivity index (χ0v) is 15.3. The summed E-state index contributed by atoms with van der Waals surface area (Å²) >= 11 is 4.20. The standard InChI is InChI=1S/C16H25IO2S/c1-19-16(18)13-15-11-10-14(20-15)9-7-5-3-2-4-6-8-12-17/h10-11H,2-9,12-13H2,1H3. The number of halogens is 1. The molecule has 0 unspecified atom stereocenters. The molecule has 0 aliphatic heterocycles. The van der Waals surface area contributed by atoms with Gasteiger partial charge >= 0.3 is 5.97 Å². The van der Waals surface area contributed by atoms with Crippen LogP contribution in [0.25, 0.3) is 0 Å². The van der Waals surface area contributed by atoms with E-state index in [1.807, 2.05) is 0 Å². The SMILES string of the molecule is COC(=O)Cc1ccc(CCCCCCCCCI)s1. The van der Waals surface area contributed by atoms with Crippen molar-refractivity contribution in [3.63, 3.8) is 0 Å². The van der Waals surface area contributed by atoms with Gasteiger partial charge in [-0.15, -0.1) is 11.3 Å². The Bertz CT molecular complexity index is 376. The zero-order valence-electron chi connectivity index (χ0n) is 12.3. The zero-order chi connectivity index (χ0) is 14.6. The lowest BCUT2D eigenvalue weighted by Gasteiger charge is -2.00. The molecule has 0 saturated heterocycles. The molecule has 0 saturated carbocycles. The minimum absolute atomic E-state index is 0.148. The number of ether oxygens (including phenoxy) is 1. The summed E-state index contributed by atoms with van der Waals surface area (Å²) in [5.74, 6) is -0.148. The fourth-order valence-electron chi connectivity index (χ4n) is 2.14. The Morgan fingerprint density at radius 3 is 2.30 bits per heavy atom. The number of alkyl halides is 1. The first-order chi connectivity index (χ1) is 9.76. The highest BCUT2D eigenvalue weighted by Gasteiger charge is 2.06. The largest absolute Gasteiger partial charge is 0.469 e. The van der Waals surface area contributed by atoms with Gasteiger partial charge in [-0.3, -0.25) is 4.79 Å². The van der Waals surface area contributed by atoms with Crippen molar-refractivity contribution in [1.29, 1.82) is 0 Å². The molecule has 0 atom stereocenters. The van der Waals surface area contributed by atoms with E-state index >= 15 is 0 Å². The van der Waals surface area contributed by atoms with Gasteiger partial charge < -0.3 is 4.74 Å². The van der Waals surface area contributed by atoms with E-state index in [0.717, 1.165) is 11.3 Å². The number of hydrogen-bond donors (Lipinski definition) is 0. The maximum Gasteiger partial charge on any atom is 0.310 e. The Kier molecular flexibility index (Phi) is 10.4. The Balaban J connectivity index is 2.06. The van der Waals surface area contributed by atoms with E-state index in [2.05, 4.69) is 39.5 Å². The lowest BCUT2D eigenvalue weighted by Crippen LogP contribution is -2.02. The van der Waals surface area contributed by atoms with Crippen molar-refractivity contribution in [3.05, 3.63) is 21.9 Å². The minimum atomic E-state index is -0.148. The fraction of sp³-hybridized carbons (Fsp3) is 0.688. The van der Waals surface area contributed by atoms with Crippen molar-refractivity contribution in [2.45, 2.75) is 57.8 Å². The molecule has 20 heavy (non-hydrogen) atoms. The molecule has 0 spiro atoms. The average Bonchev–Trinajstić information content (AvgIpc) is 2.89. The summed E-state index contributed by atoms with van der Waals surface area (Å²) < 4.78 is 5.98. The van der Waals surface area contributed by atoms with Crippen molar-refractivity contribution in [3.8, 4) is 0 Å². The molecule has 0 bridgehead atoms. The molecule has 1 aromatic rings. The van der Waals surface area contributed by atoms with Crippen LogP contribution in [0.4, 0.5) is 0 Å². The molecule has 0 fully saturated rings. The van der Waals surface area contributed by atoms with E-state index in [0.29, 0.717) is 6.42 Å². The molecule has 0 aliphatic rings. The quantitative estimate of drug-likeness (QED) is 0.219. The van der Waals surface area contributed by atoms with Gasteiger partial charge in [-0.1, -0.05) is 54.7 Å². The second kappa shape index (κ2) is 11.5. The Morgan fingerprint density at radius 2 is 1.65 bits per heavy atom. The molecular weight excluding hydrogens is 383 g/mol. The van der Waals surface area contributed by atoms with Gasteiger partial charge in [0.05, 0.1) is 13.5 Å². The summed E-state index contributed by atoms with van der Waals surface area (Å²) in [6.07, 6.45) is 11.1. The fourth-order valence-corrected chi connectivity index (χ4v) is 3.73. The highest BCUT2D eigenvalue weighted by atomic mass is 127. The molecule has 0 aliphatic carbocycles. The molecule has 114 valence electrons. The number of aryl methyl sites for hydroxylation is 1. The summed E-state index contributed by atoms with van der Waals surface area (Å²) in [5.41, 5.74) is 0. The number of carbonyl (C=O) groups excluding carboxylic acids is 1. The first kappa shape index (κ1) is 18.0. The van der Waals surface area contributed by atoms with E-state index in [9.17, 15) is 4.79 Å². The molecule has 0 N–H and O–H groups in total. The summed E-state index contributed by atoms with van der Waals surface area (Å²) in [5, 5.41) is 0. The number of rotatable bonds is 11. The van der Waals surface area contributed by atoms with Crippen LogP contribution in [0.1, 0.15) is 54.7 Å². The first-order valence-corrected chi connectivity index (χ1v) is 9.81. The van der Waals surface area contributed by atoms with Crippen LogP contribution in [-0.2, 0) is 22.4 Å². The molecule has 1 heterocycles. The van der Waals surface area contributed by atoms with Crippen molar-refractivity contribution in [2.75, 3.05) is 11.5 Å². The predicted octanol–water partition coefficient (Wildman–Crippen LogP) is 5.17. The van der Waals surface area contributed by atoms with Crippen LogP contribution in [0.5, 0.6) is 0 Å². The highest BCUT2D eigenvalue weighted by molar-refractivity contribution is 14.1. The van der Waals surface area contributed by atoms with Crippen LogP contribution < -0.4 is 0 Å². The molecule has 0 amide bonds.